The molecule has 0 saturated heterocycles. The number of carbonyl (C=O) groups excluding carboxylic acids is 1. The van der Waals surface area contributed by atoms with Gasteiger partial charge in [0.05, 0.1) is 5.56 Å². The van der Waals surface area contributed by atoms with Gasteiger partial charge in [0, 0.05) is 12.2 Å². The fraction of sp³-hybridized carbons (Fsp3) is 0.385. The lowest BCUT2D eigenvalue weighted by atomic mass is 10.1. The van der Waals surface area contributed by atoms with E-state index in [2.05, 4.69) is 5.32 Å². The average molecular weight is 304 g/mol. The molecule has 0 saturated carbocycles. The van der Waals surface area contributed by atoms with Crippen molar-refractivity contribution in [2.24, 2.45) is 0 Å². The Morgan fingerprint density at radius 2 is 1.95 bits per heavy atom. The summed E-state index contributed by atoms with van der Waals surface area (Å²) in [5.74, 6) is -1.17. The second-order valence-electron chi connectivity index (χ2n) is 4.39. The zero-order valence-corrected chi connectivity index (χ0v) is 11.5. The van der Waals surface area contributed by atoms with Crippen LogP contribution in [0.4, 0.5) is 23.7 Å². The zero-order chi connectivity index (χ0) is 16.2. The number of aryl methyl sites for hydroxylation is 1. The number of nitrogens with zero attached hydrogens (tertiary/aromatic N) is 1. The molecule has 0 aliphatic carbocycles. The second-order valence-corrected chi connectivity index (χ2v) is 4.39. The summed E-state index contributed by atoms with van der Waals surface area (Å²) in [7, 11) is 0. The average Bonchev–Trinajstić information content (AvgIpc) is 2.36. The summed E-state index contributed by atoms with van der Waals surface area (Å²) in [4.78, 5) is 23.3. The number of amides is 2. The standard InChI is InChI=1S/C13H15F3N2O3/c1-3-18(7-13(14,15)16)12(21)17-9-5-4-8(2)10(6-9)11(19)20/h4-6H,3,7H2,1-2H3,(H,17,21)(H,19,20). The number of halogens is 3. The summed E-state index contributed by atoms with van der Waals surface area (Å²) >= 11 is 0. The van der Waals surface area contributed by atoms with Crippen LogP contribution in [0.15, 0.2) is 18.2 Å². The van der Waals surface area contributed by atoms with Crippen molar-refractivity contribution in [2.75, 3.05) is 18.4 Å². The van der Waals surface area contributed by atoms with Crippen molar-refractivity contribution >= 4 is 17.7 Å². The normalized spacial score (nSPS) is 11.1. The van der Waals surface area contributed by atoms with E-state index in [1.807, 2.05) is 0 Å². The molecule has 116 valence electrons. The number of carboxylic acids is 1. The van der Waals surface area contributed by atoms with Crippen LogP contribution in [0.25, 0.3) is 0 Å². The third kappa shape index (κ3) is 4.97. The maximum absolute atomic E-state index is 12.3. The lowest BCUT2D eigenvalue weighted by Crippen LogP contribution is -2.41. The first-order valence-electron chi connectivity index (χ1n) is 6.10. The van der Waals surface area contributed by atoms with Gasteiger partial charge in [0.2, 0.25) is 0 Å². The quantitative estimate of drug-likeness (QED) is 0.898. The van der Waals surface area contributed by atoms with Crippen molar-refractivity contribution in [3.8, 4) is 0 Å². The minimum Gasteiger partial charge on any atom is -0.478 e. The van der Waals surface area contributed by atoms with Crippen LogP contribution in [0.2, 0.25) is 0 Å². The van der Waals surface area contributed by atoms with Crippen molar-refractivity contribution in [3.63, 3.8) is 0 Å². The van der Waals surface area contributed by atoms with E-state index in [4.69, 9.17) is 5.11 Å². The van der Waals surface area contributed by atoms with Gasteiger partial charge in [-0.1, -0.05) is 6.07 Å². The summed E-state index contributed by atoms with van der Waals surface area (Å²) in [5.41, 5.74) is 0.596. The van der Waals surface area contributed by atoms with Crippen LogP contribution in [0.1, 0.15) is 22.8 Å². The van der Waals surface area contributed by atoms with Crippen LogP contribution in [0.3, 0.4) is 0 Å². The molecule has 8 heteroatoms. The molecule has 1 aromatic rings. The van der Waals surface area contributed by atoms with Crippen LogP contribution in [-0.2, 0) is 0 Å². The Bertz CT molecular complexity index is 544. The maximum atomic E-state index is 12.3. The van der Waals surface area contributed by atoms with Crippen LogP contribution >= 0.6 is 0 Å². The van der Waals surface area contributed by atoms with E-state index in [-0.39, 0.29) is 17.8 Å². The Kier molecular flexibility index (Phi) is 5.17. The first-order valence-corrected chi connectivity index (χ1v) is 6.10. The van der Waals surface area contributed by atoms with Crippen molar-refractivity contribution in [2.45, 2.75) is 20.0 Å². The molecule has 2 N–H and O–H groups in total. The molecule has 0 aliphatic rings. The SMILES string of the molecule is CCN(CC(F)(F)F)C(=O)Nc1ccc(C)c(C(=O)O)c1. The van der Waals surface area contributed by atoms with Crippen LogP contribution in [0.5, 0.6) is 0 Å². The Morgan fingerprint density at radius 3 is 2.43 bits per heavy atom. The van der Waals surface area contributed by atoms with E-state index in [9.17, 15) is 22.8 Å². The van der Waals surface area contributed by atoms with Gasteiger partial charge in [0.25, 0.3) is 0 Å². The minimum atomic E-state index is -4.49. The molecule has 0 unspecified atom stereocenters. The number of rotatable bonds is 4. The zero-order valence-electron chi connectivity index (χ0n) is 11.5. The van der Waals surface area contributed by atoms with Crippen molar-refractivity contribution in [1.82, 2.24) is 4.90 Å². The van der Waals surface area contributed by atoms with Gasteiger partial charge in [0.1, 0.15) is 6.54 Å². The van der Waals surface area contributed by atoms with E-state index in [1.165, 1.54) is 25.1 Å². The molecule has 5 nitrogen and oxygen atoms in total. The Labute approximate surface area is 119 Å². The van der Waals surface area contributed by atoms with Crippen molar-refractivity contribution in [3.05, 3.63) is 29.3 Å². The number of nitrogens with one attached hydrogen (secondary N) is 1. The largest absolute Gasteiger partial charge is 0.478 e. The van der Waals surface area contributed by atoms with E-state index in [0.29, 0.717) is 10.5 Å². The van der Waals surface area contributed by atoms with Gasteiger partial charge in [-0.05, 0) is 31.5 Å². The third-order valence-corrected chi connectivity index (χ3v) is 2.76. The maximum Gasteiger partial charge on any atom is 0.406 e. The molecule has 0 fully saturated rings. The molecule has 0 aliphatic heterocycles. The molecule has 1 rings (SSSR count). The fourth-order valence-electron chi connectivity index (χ4n) is 1.68. The first-order chi connectivity index (χ1) is 9.64. The highest BCUT2D eigenvalue weighted by Crippen LogP contribution is 2.19. The number of hydrogen-bond donors (Lipinski definition) is 2. The van der Waals surface area contributed by atoms with Gasteiger partial charge in [-0.25, -0.2) is 9.59 Å². The summed E-state index contributed by atoms with van der Waals surface area (Å²) in [6.45, 7) is 1.51. The lowest BCUT2D eigenvalue weighted by molar-refractivity contribution is -0.139. The number of carboxylic acid groups (broad SMARTS) is 1. The highest BCUT2D eigenvalue weighted by atomic mass is 19.4. The molecule has 0 radical (unpaired) electrons. The highest BCUT2D eigenvalue weighted by molar-refractivity contribution is 5.94. The molecule has 21 heavy (non-hydrogen) atoms. The van der Waals surface area contributed by atoms with Gasteiger partial charge in [-0.15, -0.1) is 0 Å². The van der Waals surface area contributed by atoms with E-state index < -0.39 is 24.7 Å². The van der Waals surface area contributed by atoms with Gasteiger partial charge in [-0.2, -0.15) is 13.2 Å². The molecule has 0 aromatic heterocycles. The lowest BCUT2D eigenvalue weighted by Gasteiger charge is -2.22. The molecule has 0 bridgehead atoms. The number of anilines is 1. The Morgan fingerprint density at radius 1 is 1.33 bits per heavy atom. The predicted molar refractivity (Wildman–Crippen MR) is 70.5 cm³/mol. The fourth-order valence-corrected chi connectivity index (χ4v) is 1.68. The molecular weight excluding hydrogens is 289 g/mol. The van der Waals surface area contributed by atoms with Crippen LogP contribution < -0.4 is 5.32 Å². The van der Waals surface area contributed by atoms with Crippen molar-refractivity contribution < 1.29 is 27.9 Å². The molecule has 2 amide bonds. The number of carbonyl (C=O) groups is 2. The summed E-state index contributed by atoms with van der Waals surface area (Å²) < 4.78 is 36.9. The Hall–Kier alpha value is -2.25. The summed E-state index contributed by atoms with van der Waals surface area (Å²) in [5, 5.41) is 11.2. The predicted octanol–water partition coefficient (Wildman–Crippen LogP) is 3.11. The molecule has 1 aromatic carbocycles. The van der Waals surface area contributed by atoms with Crippen molar-refractivity contribution in [1.29, 1.82) is 0 Å². The van der Waals surface area contributed by atoms with E-state index in [0.717, 1.165) is 0 Å². The number of benzene rings is 1. The van der Waals surface area contributed by atoms with Crippen LogP contribution in [0, 0.1) is 6.92 Å². The second kappa shape index (κ2) is 6.47. The molecule has 0 spiro atoms. The van der Waals surface area contributed by atoms with Gasteiger partial charge in [0.15, 0.2) is 0 Å². The monoisotopic (exact) mass is 304 g/mol. The van der Waals surface area contributed by atoms with Gasteiger partial charge >= 0.3 is 18.2 Å². The number of hydrogen-bond acceptors (Lipinski definition) is 2. The van der Waals surface area contributed by atoms with E-state index >= 15 is 0 Å². The molecular formula is C13H15F3N2O3. The number of urea groups is 1. The van der Waals surface area contributed by atoms with Crippen LogP contribution in [-0.4, -0.2) is 41.3 Å². The molecule has 0 heterocycles. The molecule has 0 atom stereocenters. The smallest absolute Gasteiger partial charge is 0.406 e. The summed E-state index contributed by atoms with van der Waals surface area (Å²) in [6.07, 6.45) is -4.49. The summed E-state index contributed by atoms with van der Waals surface area (Å²) in [6, 6.07) is 3.17. The highest BCUT2D eigenvalue weighted by Gasteiger charge is 2.32. The topological polar surface area (TPSA) is 69.6 Å². The number of alkyl halides is 3. The minimum absolute atomic E-state index is 0.0216. The van der Waals surface area contributed by atoms with E-state index in [1.54, 1.807) is 6.92 Å². The third-order valence-electron chi connectivity index (χ3n) is 2.76. The Balaban J connectivity index is 2.87. The first kappa shape index (κ1) is 16.8. The van der Waals surface area contributed by atoms with Gasteiger partial charge < -0.3 is 15.3 Å². The van der Waals surface area contributed by atoms with Gasteiger partial charge in [-0.3, -0.25) is 0 Å². The number of aromatic carboxylic acids is 1.